The number of ether oxygens (including phenoxy) is 2. The number of rotatable bonds is 6. The number of benzene rings is 2. The molecule has 162 valence electrons. The van der Waals surface area contributed by atoms with E-state index >= 15 is 0 Å². The number of carbonyl (C=O) groups is 1. The zero-order valence-corrected chi connectivity index (χ0v) is 17.1. The van der Waals surface area contributed by atoms with Gasteiger partial charge in [-0.25, -0.2) is 0 Å². The Kier molecular flexibility index (Phi) is 6.27. The van der Waals surface area contributed by atoms with E-state index < -0.39 is 6.61 Å². The number of pyridine rings is 1. The molecule has 0 spiro atoms. The van der Waals surface area contributed by atoms with Crippen molar-refractivity contribution in [3.8, 4) is 11.5 Å². The second-order valence-electron chi connectivity index (χ2n) is 7.30. The van der Waals surface area contributed by atoms with E-state index in [9.17, 15) is 13.6 Å². The predicted molar refractivity (Wildman–Crippen MR) is 113 cm³/mol. The molecule has 0 radical (unpaired) electrons. The van der Waals surface area contributed by atoms with Crippen molar-refractivity contribution in [3.63, 3.8) is 0 Å². The van der Waals surface area contributed by atoms with Gasteiger partial charge in [0.25, 0.3) is 5.91 Å². The van der Waals surface area contributed by atoms with Crippen molar-refractivity contribution in [3.05, 3.63) is 65.9 Å². The highest BCUT2D eigenvalue weighted by Gasteiger charge is 2.24. The molecular weight excluding hydrogens is 404 g/mol. The average molecular weight is 427 g/mol. The van der Waals surface area contributed by atoms with Crippen LogP contribution in [-0.4, -0.2) is 60.6 Å². The van der Waals surface area contributed by atoms with Gasteiger partial charge >= 0.3 is 6.61 Å². The Morgan fingerprint density at radius 3 is 2.58 bits per heavy atom. The monoisotopic (exact) mass is 427 g/mol. The molecule has 1 aromatic heterocycles. The third-order valence-electron chi connectivity index (χ3n) is 5.40. The van der Waals surface area contributed by atoms with Crippen LogP contribution in [0, 0.1) is 0 Å². The Morgan fingerprint density at radius 1 is 1.06 bits per heavy atom. The normalized spacial score (nSPS) is 14.8. The van der Waals surface area contributed by atoms with Crippen LogP contribution in [0.4, 0.5) is 8.78 Å². The molecule has 3 aromatic rings. The van der Waals surface area contributed by atoms with Gasteiger partial charge in [0.15, 0.2) is 11.5 Å². The van der Waals surface area contributed by atoms with E-state index in [0.29, 0.717) is 18.7 Å². The molecule has 0 aliphatic carbocycles. The van der Waals surface area contributed by atoms with Crippen LogP contribution in [0.5, 0.6) is 11.5 Å². The molecular formula is C23H23F2N3O3. The van der Waals surface area contributed by atoms with Crippen LogP contribution in [0.2, 0.25) is 0 Å². The number of para-hydroxylation sites is 1. The number of nitrogens with zero attached hydrogens (tertiary/aromatic N) is 3. The van der Waals surface area contributed by atoms with E-state index in [1.165, 1.54) is 25.3 Å². The summed E-state index contributed by atoms with van der Waals surface area (Å²) in [6, 6.07) is 14.4. The predicted octanol–water partition coefficient (Wildman–Crippen LogP) is 3.80. The van der Waals surface area contributed by atoms with Crippen LogP contribution < -0.4 is 9.47 Å². The van der Waals surface area contributed by atoms with E-state index in [0.717, 1.165) is 36.1 Å². The Labute approximate surface area is 179 Å². The SMILES string of the molecule is COc1cc(C(=O)N2CCN(Cc3cccc4cccnc34)CC2)ccc1OC(F)F. The molecule has 8 heteroatoms. The van der Waals surface area contributed by atoms with Crippen molar-refractivity contribution in [1.29, 1.82) is 0 Å². The van der Waals surface area contributed by atoms with Gasteiger partial charge in [-0.3, -0.25) is 14.7 Å². The molecule has 0 saturated carbocycles. The van der Waals surface area contributed by atoms with Crippen LogP contribution >= 0.6 is 0 Å². The third kappa shape index (κ3) is 4.74. The number of hydrogen-bond donors (Lipinski definition) is 0. The highest BCUT2D eigenvalue weighted by atomic mass is 19.3. The summed E-state index contributed by atoms with van der Waals surface area (Å²) in [5.74, 6) is -0.149. The topological polar surface area (TPSA) is 54.9 Å². The van der Waals surface area contributed by atoms with Crippen molar-refractivity contribution < 1.29 is 23.0 Å². The summed E-state index contributed by atoms with van der Waals surface area (Å²) in [6.07, 6.45) is 1.80. The first-order valence-corrected chi connectivity index (χ1v) is 10.0. The van der Waals surface area contributed by atoms with Crippen LogP contribution in [0.25, 0.3) is 10.9 Å². The Balaban J connectivity index is 1.40. The number of methoxy groups -OCH3 is 1. The van der Waals surface area contributed by atoms with Gasteiger partial charge in [-0.2, -0.15) is 8.78 Å². The van der Waals surface area contributed by atoms with Crippen molar-refractivity contribution in [2.24, 2.45) is 0 Å². The summed E-state index contributed by atoms with van der Waals surface area (Å²) in [6.45, 7) is 0.435. The number of fused-ring (bicyclic) bond motifs is 1. The van der Waals surface area contributed by atoms with E-state index in [2.05, 4.69) is 20.7 Å². The summed E-state index contributed by atoms with van der Waals surface area (Å²) in [4.78, 5) is 21.5. The molecule has 1 fully saturated rings. The van der Waals surface area contributed by atoms with Gasteiger partial charge < -0.3 is 14.4 Å². The molecule has 1 aliphatic heterocycles. The molecule has 31 heavy (non-hydrogen) atoms. The minimum Gasteiger partial charge on any atom is -0.493 e. The van der Waals surface area contributed by atoms with Crippen LogP contribution in [0.15, 0.2) is 54.7 Å². The van der Waals surface area contributed by atoms with Gasteiger partial charge in [-0.1, -0.05) is 24.3 Å². The first kappa shape index (κ1) is 21.0. The lowest BCUT2D eigenvalue weighted by molar-refractivity contribution is -0.0512. The molecule has 2 aromatic carbocycles. The summed E-state index contributed by atoms with van der Waals surface area (Å²) < 4.78 is 34.5. The van der Waals surface area contributed by atoms with Gasteiger partial charge in [0, 0.05) is 49.9 Å². The average Bonchev–Trinajstić information content (AvgIpc) is 2.79. The van der Waals surface area contributed by atoms with Crippen LogP contribution in [-0.2, 0) is 6.54 Å². The van der Waals surface area contributed by atoms with Gasteiger partial charge in [0.05, 0.1) is 12.6 Å². The Bertz CT molecular complexity index is 1060. The second kappa shape index (κ2) is 9.26. The second-order valence-corrected chi connectivity index (χ2v) is 7.30. The largest absolute Gasteiger partial charge is 0.493 e. The lowest BCUT2D eigenvalue weighted by Crippen LogP contribution is -2.48. The summed E-state index contributed by atoms with van der Waals surface area (Å²) in [5.41, 5.74) is 2.55. The minimum absolute atomic E-state index is 0.0948. The molecule has 0 atom stereocenters. The van der Waals surface area contributed by atoms with Gasteiger partial charge in [0.2, 0.25) is 0 Å². The number of aromatic nitrogens is 1. The Morgan fingerprint density at radius 2 is 1.84 bits per heavy atom. The molecule has 6 nitrogen and oxygen atoms in total. The van der Waals surface area contributed by atoms with E-state index in [-0.39, 0.29) is 17.4 Å². The summed E-state index contributed by atoms with van der Waals surface area (Å²) in [7, 11) is 1.35. The van der Waals surface area contributed by atoms with Gasteiger partial charge in [-0.05, 0) is 29.8 Å². The van der Waals surface area contributed by atoms with Crippen molar-refractivity contribution in [2.75, 3.05) is 33.3 Å². The molecule has 1 aliphatic rings. The standard InChI is InChI=1S/C23H23F2N3O3/c1-30-20-14-17(7-8-19(20)31-23(24)25)22(29)28-12-10-27(11-13-28)15-18-5-2-4-16-6-3-9-26-21(16)18/h2-9,14,23H,10-13,15H2,1H3. The number of carbonyl (C=O) groups excluding carboxylic acids is 1. The van der Waals surface area contributed by atoms with Crippen molar-refractivity contribution >= 4 is 16.8 Å². The number of hydrogen-bond acceptors (Lipinski definition) is 5. The molecule has 0 unspecified atom stereocenters. The highest BCUT2D eigenvalue weighted by molar-refractivity contribution is 5.95. The summed E-state index contributed by atoms with van der Waals surface area (Å²) in [5, 5.41) is 1.11. The lowest BCUT2D eigenvalue weighted by Gasteiger charge is -2.35. The molecule has 1 saturated heterocycles. The van der Waals surface area contributed by atoms with E-state index in [4.69, 9.17) is 4.74 Å². The van der Waals surface area contributed by atoms with Crippen LogP contribution in [0.1, 0.15) is 15.9 Å². The first-order chi connectivity index (χ1) is 15.0. The quantitative estimate of drug-likeness (QED) is 0.599. The van der Waals surface area contributed by atoms with E-state index in [1.807, 2.05) is 24.3 Å². The number of alkyl halides is 2. The fourth-order valence-electron chi connectivity index (χ4n) is 3.82. The zero-order valence-electron chi connectivity index (χ0n) is 17.1. The summed E-state index contributed by atoms with van der Waals surface area (Å²) >= 11 is 0. The maximum Gasteiger partial charge on any atom is 0.387 e. The highest BCUT2D eigenvalue weighted by Crippen LogP contribution is 2.30. The maximum absolute atomic E-state index is 12.9. The zero-order chi connectivity index (χ0) is 21.8. The van der Waals surface area contributed by atoms with E-state index in [1.54, 1.807) is 11.1 Å². The maximum atomic E-state index is 12.9. The van der Waals surface area contributed by atoms with Crippen LogP contribution in [0.3, 0.4) is 0 Å². The Hall–Kier alpha value is -3.26. The molecule has 4 rings (SSSR count). The van der Waals surface area contributed by atoms with Crippen molar-refractivity contribution in [2.45, 2.75) is 13.2 Å². The molecule has 2 heterocycles. The van der Waals surface area contributed by atoms with Crippen molar-refractivity contribution in [1.82, 2.24) is 14.8 Å². The molecule has 1 amide bonds. The van der Waals surface area contributed by atoms with Gasteiger partial charge in [-0.15, -0.1) is 0 Å². The number of piperazine rings is 1. The molecule has 0 N–H and O–H groups in total. The number of halogens is 2. The first-order valence-electron chi connectivity index (χ1n) is 10.0. The fourth-order valence-corrected chi connectivity index (χ4v) is 3.82. The fraction of sp³-hybridized carbons (Fsp3) is 0.304. The number of amides is 1. The third-order valence-corrected chi connectivity index (χ3v) is 5.40. The molecule has 0 bridgehead atoms. The smallest absolute Gasteiger partial charge is 0.387 e. The minimum atomic E-state index is -2.96. The van der Waals surface area contributed by atoms with Gasteiger partial charge in [0.1, 0.15) is 0 Å². The lowest BCUT2D eigenvalue weighted by atomic mass is 10.1.